The second-order valence-corrected chi connectivity index (χ2v) is 7.29. The van der Waals surface area contributed by atoms with Crippen LogP contribution in [-0.4, -0.2) is 25.2 Å². The van der Waals surface area contributed by atoms with Gasteiger partial charge in [-0.05, 0) is 55.7 Å². The molecule has 0 saturated heterocycles. The van der Waals surface area contributed by atoms with E-state index in [0.29, 0.717) is 0 Å². The molecule has 3 nitrogen and oxygen atoms in total. The highest BCUT2D eigenvalue weighted by Gasteiger charge is 2.38. The Hall–Kier alpha value is -0.870. The SMILES string of the molecule is COC1(CC(Br)c2ccc3c(c2)C(=O)NCCC3)CCC1. The van der Waals surface area contributed by atoms with E-state index in [1.54, 1.807) is 0 Å². The van der Waals surface area contributed by atoms with Crippen molar-refractivity contribution in [1.29, 1.82) is 0 Å². The second-order valence-electron chi connectivity index (χ2n) is 6.19. The van der Waals surface area contributed by atoms with Crippen molar-refractivity contribution in [3.05, 3.63) is 34.9 Å². The van der Waals surface area contributed by atoms with Crippen LogP contribution in [0.15, 0.2) is 18.2 Å². The van der Waals surface area contributed by atoms with E-state index in [1.807, 2.05) is 7.11 Å². The monoisotopic (exact) mass is 351 g/mol. The van der Waals surface area contributed by atoms with Crippen LogP contribution in [-0.2, 0) is 11.2 Å². The smallest absolute Gasteiger partial charge is 0.251 e. The summed E-state index contributed by atoms with van der Waals surface area (Å²) in [6, 6.07) is 6.32. The zero-order chi connectivity index (χ0) is 14.9. The summed E-state index contributed by atoms with van der Waals surface area (Å²) in [6.07, 6.45) is 6.48. The van der Waals surface area contributed by atoms with Crippen molar-refractivity contribution in [2.24, 2.45) is 0 Å². The van der Waals surface area contributed by atoms with Crippen LogP contribution in [0.3, 0.4) is 0 Å². The second kappa shape index (κ2) is 6.09. The van der Waals surface area contributed by atoms with Crippen LogP contribution in [0.1, 0.15) is 58.4 Å². The number of hydrogen-bond acceptors (Lipinski definition) is 2. The molecule has 21 heavy (non-hydrogen) atoms. The Kier molecular flexibility index (Phi) is 4.36. The number of rotatable bonds is 4. The first-order valence-corrected chi connectivity index (χ1v) is 8.65. The minimum atomic E-state index is 0.0310. The number of benzene rings is 1. The van der Waals surface area contributed by atoms with Gasteiger partial charge in [0.1, 0.15) is 0 Å². The summed E-state index contributed by atoms with van der Waals surface area (Å²) in [7, 11) is 1.81. The molecular formula is C17H22BrNO2. The molecule has 1 unspecified atom stereocenters. The molecule has 0 aromatic heterocycles. The van der Waals surface area contributed by atoms with Crippen LogP contribution >= 0.6 is 15.9 Å². The Morgan fingerprint density at radius 2 is 2.19 bits per heavy atom. The lowest BCUT2D eigenvalue weighted by Gasteiger charge is -2.42. The molecule has 1 amide bonds. The van der Waals surface area contributed by atoms with E-state index in [1.165, 1.54) is 17.5 Å². The lowest BCUT2D eigenvalue weighted by atomic mass is 9.76. The molecule has 1 aliphatic carbocycles. The lowest BCUT2D eigenvalue weighted by molar-refractivity contribution is -0.0773. The lowest BCUT2D eigenvalue weighted by Crippen LogP contribution is -2.39. The van der Waals surface area contributed by atoms with Gasteiger partial charge in [-0.2, -0.15) is 0 Å². The summed E-state index contributed by atoms with van der Waals surface area (Å²) in [5.74, 6) is 0.0640. The summed E-state index contributed by atoms with van der Waals surface area (Å²) in [6.45, 7) is 0.771. The number of aryl methyl sites for hydroxylation is 1. The molecular weight excluding hydrogens is 330 g/mol. The standard InChI is InChI=1S/C17H22BrNO2/c1-21-17(7-3-8-17)11-15(18)13-6-5-12-4-2-9-19-16(20)14(12)10-13/h5-6,10,15H,2-4,7-9,11H2,1H3,(H,19,20). The summed E-state index contributed by atoms with van der Waals surface area (Å²) in [5.41, 5.74) is 3.21. The van der Waals surface area contributed by atoms with Gasteiger partial charge < -0.3 is 10.1 Å². The minimum absolute atomic E-state index is 0.0310. The molecule has 114 valence electrons. The van der Waals surface area contributed by atoms with Crippen LogP contribution in [0.2, 0.25) is 0 Å². The first-order chi connectivity index (χ1) is 10.1. The Labute approximate surface area is 134 Å². The maximum absolute atomic E-state index is 12.1. The molecule has 0 spiro atoms. The predicted molar refractivity (Wildman–Crippen MR) is 87.0 cm³/mol. The molecule has 1 atom stereocenters. The van der Waals surface area contributed by atoms with Gasteiger partial charge in [0.25, 0.3) is 5.91 Å². The highest BCUT2D eigenvalue weighted by atomic mass is 79.9. The number of carbonyl (C=O) groups excluding carboxylic acids is 1. The van der Waals surface area contributed by atoms with E-state index in [0.717, 1.165) is 44.2 Å². The van der Waals surface area contributed by atoms with Gasteiger partial charge in [0.15, 0.2) is 0 Å². The van der Waals surface area contributed by atoms with E-state index in [4.69, 9.17) is 4.74 Å². The van der Waals surface area contributed by atoms with Gasteiger partial charge in [-0.15, -0.1) is 0 Å². The number of fused-ring (bicyclic) bond motifs is 1. The van der Waals surface area contributed by atoms with Crippen LogP contribution in [0, 0.1) is 0 Å². The van der Waals surface area contributed by atoms with Crippen molar-refractivity contribution in [3.8, 4) is 0 Å². The number of amides is 1. The van der Waals surface area contributed by atoms with Gasteiger partial charge >= 0.3 is 0 Å². The summed E-state index contributed by atoms with van der Waals surface area (Å²) in [4.78, 5) is 12.4. The Morgan fingerprint density at radius 3 is 2.86 bits per heavy atom. The predicted octanol–water partition coefficient (Wildman–Crippen LogP) is 3.76. The first-order valence-electron chi connectivity index (χ1n) is 7.74. The number of alkyl halides is 1. The fourth-order valence-electron chi connectivity index (χ4n) is 3.30. The first kappa shape index (κ1) is 15.0. The highest BCUT2D eigenvalue weighted by molar-refractivity contribution is 9.09. The van der Waals surface area contributed by atoms with Crippen molar-refractivity contribution in [3.63, 3.8) is 0 Å². The third-order valence-corrected chi connectivity index (χ3v) is 5.75. The van der Waals surface area contributed by atoms with E-state index in [2.05, 4.69) is 39.4 Å². The van der Waals surface area contributed by atoms with Crippen LogP contribution in [0.4, 0.5) is 0 Å². The van der Waals surface area contributed by atoms with Crippen LogP contribution in [0.5, 0.6) is 0 Å². The molecule has 2 aliphatic rings. The highest BCUT2D eigenvalue weighted by Crippen LogP contribution is 2.44. The normalized spacial score (nSPS) is 21.7. The van der Waals surface area contributed by atoms with E-state index >= 15 is 0 Å². The van der Waals surface area contributed by atoms with Gasteiger partial charge in [0.2, 0.25) is 0 Å². The van der Waals surface area contributed by atoms with Crippen molar-refractivity contribution in [1.82, 2.24) is 5.32 Å². The van der Waals surface area contributed by atoms with Gasteiger partial charge in [-0.1, -0.05) is 28.1 Å². The average Bonchev–Trinajstić information content (AvgIpc) is 2.64. The maximum atomic E-state index is 12.1. The molecule has 0 radical (unpaired) electrons. The third-order valence-electron chi connectivity index (χ3n) is 4.90. The Balaban J connectivity index is 1.81. The molecule has 1 heterocycles. The fraction of sp³-hybridized carbons (Fsp3) is 0.588. The number of carbonyl (C=O) groups is 1. The zero-order valence-electron chi connectivity index (χ0n) is 12.5. The van der Waals surface area contributed by atoms with Gasteiger partial charge in [0, 0.05) is 24.0 Å². The number of ether oxygens (including phenoxy) is 1. The van der Waals surface area contributed by atoms with E-state index in [9.17, 15) is 4.79 Å². The number of nitrogens with one attached hydrogen (secondary N) is 1. The topological polar surface area (TPSA) is 38.3 Å². The van der Waals surface area contributed by atoms with Crippen molar-refractivity contribution < 1.29 is 9.53 Å². The van der Waals surface area contributed by atoms with Gasteiger partial charge in [-0.25, -0.2) is 0 Å². The minimum Gasteiger partial charge on any atom is -0.378 e. The van der Waals surface area contributed by atoms with Crippen molar-refractivity contribution in [2.75, 3.05) is 13.7 Å². The van der Waals surface area contributed by atoms with Crippen LogP contribution < -0.4 is 5.32 Å². The number of methoxy groups -OCH3 is 1. The van der Waals surface area contributed by atoms with E-state index in [-0.39, 0.29) is 16.3 Å². The fourth-order valence-corrected chi connectivity index (χ4v) is 4.18. The van der Waals surface area contributed by atoms with Crippen molar-refractivity contribution in [2.45, 2.75) is 49.0 Å². The zero-order valence-corrected chi connectivity index (χ0v) is 14.0. The summed E-state index contributed by atoms with van der Waals surface area (Å²) < 4.78 is 5.71. The van der Waals surface area contributed by atoms with Crippen molar-refractivity contribution >= 4 is 21.8 Å². The summed E-state index contributed by atoms with van der Waals surface area (Å²) in [5, 5.41) is 2.97. The molecule has 0 bridgehead atoms. The average molecular weight is 352 g/mol. The molecule has 1 aromatic rings. The van der Waals surface area contributed by atoms with Crippen LogP contribution in [0.25, 0.3) is 0 Å². The Bertz CT molecular complexity index is 534. The molecule has 1 aromatic carbocycles. The third kappa shape index (κ3) is 3.02. The molecule has 1 fully saturated rings. The van der Waals surface area contributed by atoms with Gasteiger partial charge in [-0.3, -0.25) is 4.79 Å². The molecule has 1 aliphatic heterocycles. The molecule has 3 rings (SSSR count). The summed E-state index contributed by atoms with van der Waals surface area (Å²) >= 11 is 3.79. The number of halogens is 1. The van der Waals surface area contributed by atoms with Gasteiger partial charge in [0.05, 0.1) is 5.60 Å². The largest absolute Gasteiger partial charge is 0.378 e. The molecule has 1 saturated carbocycles. The maximum Gasteiger partial charge on any atom is 0.251 e. The molecule has 1 N–H and O–H groups in total. The Morgan fingerprint density at radius 1 is 1.38 bits per heavy atom. The molecule has 4 heteroatoms. The quantitative estimate of drug-likeness (QED) is 0.838. The number of hydrogen-bond donors (Lipinski definition) is 1. The van der Waals surface area contributed by atoms with E-state index < -0.39 is 0 Å².